The molecule has 0 fully saturated rings. The van der Waals surface area contributed by atoms with Crippen LogP contribution in [-0.2, 0) is 16.1 Å². The van der Waals surface area contributed by atoms with E-state index >= 15 is 0 Å². The van der Waals surface area contributed by atoms with E-state index in [-0.39, 0.29) is 5.57 Å². The molecule has 0 bridgehead atoms. The van der Waals surface area contributed by atoms with Crippen LogP contribution in [-0.4, -0.2) is 19.0 Å². The van der Waals surface area contributed by atoms with E-state index in [1.54, 1.807) is 30.3 Å². The molecular weight excluding hydrogens is 532 g/mol. The quantitative estimate of drug-likeness (QED) is 0.154. The van der Waals surface area contributed by atoms with Crippen LogP contribution in [0.5, 0.6) is 5.75 Å². The minimum atomic E-state index is -0.559. The number of nitrogens with one attached hydrogen (secondary N) is 1. The lowest BCUT2D eigenvalue weighted by Gasteiger charge is -2.13. The number of fused-ring (bicyclic) bond motifs is 1. The third kappa shape index (κ3) is 6.05. The molecule has 37 heavy (non-hydrogen) atoms. The minimum Gasteiger partial charge on any atom is -0.488 e. The second kappa shape index (κ2) is 11.5. The summed E-state index contributed by atoms with van der Waals surface area (Å²) in [5.41, 5.74) is 3.68. The molecule has 0 heterocycles. The zero-order valence-electron chi connectivity index (χ0n) is 20.2. The average molecular weight is 555 g/mol. The number of aryl methyl sites for hydroxylation is 1. The normalized spacial score (nSPS) is 11.0. The van der Waals surface area contributed by atoms with Crippen LogP contribution in [0.15, 0.2) is 88.9 Å². The van der Waals surface area contributed by atoms with Gasteiger partial charge in [0.25, 0.3) is 5.91 Å². The number of amides is 1. The van der Waals surface area contributed by atoms with Crippen LogP contribution in [0.1, 0.15) is 27.0 Å². The zero-order valence-corrected chi connectivity index (χ0v) is 21.8. The van der Waals surface area contributed by atoms with Crippen LogP contribution < -0.4 is 10.1 Å². The molecule has 0 radical (unpaired) electrons. The summed E-state index contributed by atoms with van der Waals surface area (Å²) in [6.07, 6.45) is 1.50. The number of hydrogen-bond acceptors (Lipinski definition) is 5. The summed E-state index contributed by atoms with van der Waals surface area (Å²) in [4.78, 5) is 24.2. The fourth-order valence-electron chi connectivity index (χ4n) is 3.83. The number of nitrogens with zero attached hydrogens (tertiary/aromatic N) is 1. The van der Waals surface area contributed by atoms with Gasteiger partial charge < -0.3 is 14.8 Å². The van der Waals surface area contributed by atoms with Crippen LogP contribution in [0.2, 0.25) is 0 Å². The summed E-state index contributed by atoms with van der Waals surface area (Å²) < 4.78 is 11.5. The number of rotatable bonds is 7. The number of benzene rings is 4. The van der Waals surface area contributed by atoms with Crippen molar-refractivity contribution < 1.29 is 19.1 Å². The molecule has 0 saturated carbocycles. The molecule has 6 nitrogen and oxygen atoms in total. The van der Waals surface area contributed by atoms with Crippen LogP contribution in [0.4, 0.5) is 5.69 Å². The Morgan fingerprint density at radius 1 is 1.03 bits per heavy atom. The maximum atomic E-state index is 12.6. The Labute approximate surface area is 223 Å². The lowest BCUT2D eigenvalue weighted by Crippen LogP contribution is -2.13. The van der Waals surface area contributed by atoms with Gasteiger partial charge in [-0.25, -0.2) is 4.79 Å². The highest BCUT2D eigenvalue weighted by atomic mass is 79.9. The molecule has 0 aliphatic carbocycles. The number of methoxy groups -OCH3 is 1. The van der Waals surface area contributed by atoms with E-state index in [1.807, 2.05) is 18.2 Å². The van der Waals surface area contributed by atoms with Crippen LogP contribution >= 0.6 is 15.9 Å². The SMILES string of the molecule is COC(=O)c1ccc(NC(=O)/C(C#N)=C/c2ccc(OCc3c(C)ccc4ccccc34)c(Br)c2)cc1. The Morgan fingerprint density at radius 2 is 1.78 bits per heavy atom. The summed E-state index contributed by atoms with van der Waals surface area (Å²) in [6, 6.07) is 25.9. The first kappa shape index (κ1) is 25.7. The molecule has 0 atom stereocenters. The van der Waals surface area contributed by atoms with E-state index in [2.05, 4.69) is 57.2 Å². The van der Waals surface area contributed by atoms with Crippen LogP contribution in [0.3, 0.4) is 0 Å². The lowest BCUT2D eigenvalue weighted by atomic mass is 10.0. The largest absolute Gasteiger partial charge is 0.488 e. The van der Waals surface area contributed by atoms with Gasteiger partial charge in [0.05, 0.1) is 17.1 Å². The van der Waals surface area contributed by atoms with Crippen molar-refractivity contribution in [3.05, 3.63) is 111 Å². The van der Waals surface area contributed by atoms with Crippen molar-refractivity contribution in [1.82, 2.24) is 0 Å². The topological polar surface area (TPSA) is 88.4 Å². The molecule has 0 spiro atoms. The second-order valence-electron chi connectivity index (χ2n) is 8.25. The van der Waals surface area contributed by atoms with Gasteiger partial charge in [-0.05, 0) is 87.2 Å². The van der Waals surface area contributed by atoms with Crippen molar-refractivity contribution in [1.29, 1.82) is 5.26 Å². The molecule has 0 aromatic heterocycles. The van der Waals surface area contributed by atoms with Gasteiger partial charge in [-0.1, -0.05) is 42.5 Å². The summed E-state index contributed by atoms with van der Waals surface area (Å²) in [5, 5.41) is 14.5. The Kier molecular flexibility index (Phi) is 8.02. The van der Waals surface area contributed by atoms with Crippen molar-refractivity contribution in [2.24, 2.45) is 0 Å². The van der Waals surface area contributed by atoms with E-state index < -0.39 is 11.9 Å². The summed E-state index contributed by atoms with van der Waals surface area (Å²) >= 11 is 3.54. The van der Waals surface area contributed by atoms with Crippen molar-refractivity contribution in [2.75, 3.05) is 12.4 Å². The van der Waals surface area contributed by atoms with Crippen molar-refractivity contribution in [2.45, 2.75) is 13.5 Å². The van der Waals surface area contributed by atoms with Gasteiger partial charge in [0.15, 0.2) is 0 Å². The molecular formula is C30H23BrN2O4. The molecule has 0 aliphatic rings. The average Bonchev–Trinajstić information content (AvgIpc) is 2.92. The summed E-state index contributed by atoms with van der Waals surface area (Å²) in [7, 11) is 1.30. The fraction of sp³-hybridized carbons (Fsp3) is 0.100. The molecule has 0 saturated heterocycles. The lowest BCUT2D eigenvalue weighted by molar-refractivity contribution is -0.112. The number of ether oxygens (including phenoxy) is 2. The minimum absolute atomic E-state index is 0.0657. The molecule has 4 aromatic carbocycles. The third-order valence-electron chi connectivity index (χ3n) is 5.84. The number of anilines is 1. The molecule has 1 N–H and O–H groups in total. The molecule has 1 amide bonds. The van der Waals surface area contributed by atoms with Gasteiger partial charge in [0.1, 0.15) is 24.0 Å². The monoisotopic (exact) mass is 554 g/mol. The first-order valence-electron chi connectivity index (χ1n) is 11.4. The number of hydrogen-bond donors (Lipinski definition) is 1. The van der Waals surface area contributed by atoms with Gasteiger partial charge in [-0.15, -0.1) is 0 Å². The van der Waals surface area contributed by atoms with Gasteiger partial charge in [-0.2, -0.15) is 5.26 Å². The van der Waals surface area contributed by atoms with Gasteiger partial charge >= 0.3 is 5.97 Å². The number of carbonyl (C=O) groups excluding carboxylic acids is 2. The van der Waals surface area contributed by atoms with Crippen molar-refractivity contribution in [3.63, 3.8) is 0 Å². The third-order valence-corrected chi connectivity index (χ3v) is 6.46. The first-order valence-corrected chi connectivity index (χ1v) is 12.2. The smallest absolute Gasteiger partial charge is 0.337 e. The second-order valence-corrected chi connectivity index (χ2v) is 9.11. The maximum absolute atomic E-state index is 12.6. The predicted octanol–water partition coefficient (Wildman–Crippen LogP) is 6.82. The molecule has 0 aliphatic heterocycles. The zero-order chi connectivity index (χ0) is 26.4. The van der Waals surface area contributed by atoms with Gasteiger partial charge in [-0.3, -0.25) is 4.79 Å². The van der Waals surface area contributed by atoms with E-state index in [1.165, 1.54) is 25.3 Å². The Morgan fingerprint density at radius 3 is 2.49 bits per heavy atom. The Balaban J connectivity index is 1.47. The van der Waals surface area contributed by atoms with Crippen LogP contribution in [0, 0.1) is 18.3 Å². The summed E-state index contributed by atoms with van der Waals surface area (Å²) in [6.45, 7) is 2.47. The molecule has 0 unspecified atom stereocenters. The predicted molar refractivity (Wildman–Crippen MR) is 147 cm³/mol. The molecule has 4 aromatic rings. The highest BCUT2D eigenvalue weighted by Gasteiger charge is 2.12. The molecule has 4 rings (SSSR count). The number of halogens is 1. The highest BCUT2D eigenvalue weighted by molar-refractivity contribution is 9.10. The highest BCUT2D eigenvalue weighted by Crippen LogP contribution is 2.30. The Hall–Kier alpha value is -4.41. The van der Waals surface area contributed by atoms with Gasteiger partial charge in [0, 0.05) is 11.3 Å². The van der Waals surface area contributed by atoms with Gasteiger partial charge in [0.2, 0.25) is 0 Å². The molecule has 7 heteroatoms. The number of esters is 1. The number of nitriles is 1. The van der Waals surface area contributed by atoms with Crippen molar-refractivity contribution in [3.8, 4) is 11.8 Å². The Bertz CT molecular complexity index is 1550. The standard InChI is InChI=1S/C30H23BrN2O4/c1-19-7-9-21-5-3-4-6-25(21)26(19)18-37-28-14-8-20(16-27(28)31)15-23(17-32)29(34)33-24-12-10-22(11-13-24)30(35)36-2/h3-16H,18H2,1-2H3,(H,33,34)/b23-15+. The van der Waals surface area contributed by atoms with Crippen LogP contribution in [0.25, 0.3) is 16.8 Å². The van der Waals surface area contributed by atoms with E-state index in [9.17, 15) is 14.9 Å². The fourth-order valence-corrected chi connectivity index (χ4v) is 4.34. The summed E-state index contributed by atoms with van der Waals surface area (Å²) in [5.74, 6) is -0.380. The van der Waals surface area contributed by atoms with Crippen molar-refractivity contribution >= 4 is 50.3 Å². The maximum Gasteiger partial charge on any atom is 0.337 e. The van der Waals surface area contributed by atoms with E-state index in [4.69, 9.17) is 4.74 Å². The van der Waals surface area contributed by atoms with E-state index in [0.717, 1.165) is 21.9 Å². The van der Waals surface area contributed by atoms with E-state index in [0.29, 0.717) is 33.6 Å². The number of carbonyl (C=O) groups is 2. The molecule has 184 valence electrons. The first-order chi connectivity index (χ1) is 17.9.